The minimum atomic E-state index is -0.595. The van der Waals surface area contributed by atoms with Gasteiger partial charge in [-0.2, -0.15) is 5.10 Å². The van der Waals surface area contributed by atoms with Crippen molar-refractivity contribution >= 4 is 11.9 Å². The molecule has 0 bridgehead atoms. The van der Waals surface area contributed by atoms with Crippen molar-refractivity contribution in [3.8, 4) is 5.69 Å². The summed E-state index contributed by atoms with van der Waals surface area (Å²) in [6.07, 6.45) is 3.90. The van der Waals surface area contributed by atoms with E-state index >= 15 is 0 Å². The molecule has 0 spiro atoms. The first-order chi connectivity index (χ1) is 12.6. The SMILES string of the molecule is C=CCCCc1nn(-c2ccccc2)c(C(=O)OCC)c1C(=O)OCC. The molecule has 0 aliphatic rings. The van der Waals surface area contributed by atoms with Gasteiger partial charge in [-0.15, -0.1) is 6.58 Å². The standard InChI is InChI=1S/C20H24N2O4/c1-4-7-9-14-16-17(19(23)25-5-2)18(20(24)26-6-3)22(21-16)15-12-10-8-11-13-15/h4,8,10-13H,1,5-7,9,14H2,2-3H3. The minimum absolute atomic E-state index is 0.102. The van der Waals surface area contributed by atoms with Gasteiger partial charge in [0.2, 0.25) is 0 Å². The number of carbonyl (C=O) groups is 2. The highest BCUT2D eigenvalue weighted by Crippen LogP contribution is 2.23. The summed E-state index contributed by atoms with van der Waals surface area (Å²) >= 11 is 0. The molecule has 1 heterocycles. The number of rotatable bonds is 9. The summed E-state index contributed by atoms with van der Waals surface area (Å²) in [7, 11) is 0. The lowest BCUT2D eigenvalue weighted by molar-refractivity contribution is 0.0472. The molecule has 26 heavy (non-hydrogen) atoms. The Bertz CT molecular complexity index is 766. The number of esters is 2. The Balaban J connectivity index is 2.61. The Labute approximate surface area is 153 Å². The van der Waals surface area contributed by atoms with E-state index in [0.29, 0.717) is 17.8 Å². The zero-order chi connectivity index (χ0) is 18.9. The van der Waals surface area contributed by atoms with Crippen LogP contribution >= 0.6 is 0 Å². The number of allylic oxidation sites excluding steroid dienone is 1. The van der Waals surface area contributed by atoms with Crippen LogP contribution in [0.25, 0.3) is 5.69 Å². The van der Waals surface area contributed by atoms with Crippen LogP contribution < -0.4 is 0 Å². The average molecular weight is 356 g/mol. The van der Waals surface area contributed by atoms with Gasteiger partial charge in [0.25, 0.3) is 0 Å². The Morgan fingerprint density at radius 2 is 1.77 bits per heavy atom. The van der Waals surface area contributed by atoms with Crippen LogP contribution in [-0.2, 0) is 15.9 Å². The zero-order valence-corrected chi connectivity index (χ0v) is 15.2. The van der Waals surface area contributed by atoms with Crippen LogP contribution in [0.1, 0.15) is 53.2 Å². The van der Waals surface area contributed by atoms with Gasteiger partial charge in [-0.3, -0.25) is 0 Å². The van der Waals surface area contributed by atoms with Crippen molar-refractivity contribution in [3.05, 3.63) is 59.9 Å². The molecule has 0 aliphatic heterocycles. The molecule has 1 aromatic carbocycles. The van der Waals surface area contributed by atoms with E-state index in [9.17, 15) is 9.59 Å². The van der Waals surface area contributed by atoms with Gasteiger partial charge < -0.3 is 9.47 Å². The molecule has 6 nitrogen and oxygen atoms in total. The highest BCUT2D eigenvalue weighted by molar-refractivity contribution is 6.03. The molecule has 0 aliphatic carbocycles. The molecule has 0 N–H and O–H groups in total. The molecule has 6 heteroatoms. The van der Waals surface area contributed by atoms with Gasteiger partial charge in [0.05, 0.1) is 24.6 Å². The predicted molar refractivity (Wildman–Crippen MR) is 98.6 cm³/mol. The van der Waals surface area contributed by atoms with Crippen LogP contribution in [0.5, 0.6) is 0 Å². The first kappa shape index (κ1) is 19.4. The smallest absolute Gasteiger partial charge is 0.357 e. The number of hydrogen-bond acceptors (Lipinski definition) is 5. The second kappa shape index (κ2) is 9.56. The van der Waals surface area contributed by atoms with Crippen molar-refractivity contribution in [1.82, 2.24) is 9.78 Å². The Kier molecular flexibility index (Phi) is 7.14. The summed E-state index contributed by atoms with van der Waals surface area (Å²) in [5.41, 5.74) is 1.48. The third-order valence-electron chi connectivity index (χ3n) is 3.73. The summed E-state index contributed by atoms with van der Waals surface area (Å²) in [6, 6.07) is 9.19. The molecule has 0 radical (unpaired) electrons. The third-order valence-corrected chi connectivity index (χ3v) is 3.73. The normalized spacial score (nSPS) is 10.4. The molecule has 0 fully saturated rings. The Hall–Kier alpha value is -2.89. The third kappa shape index (κ3) is 4.39. The van der Waals surface area contributed by atoms with Crippen molar-refractivity contribution < 1.29 is 19.1 Å². The van der Waals surface area contributed by atoms with E-state index in [4.69, 9.17) is 9.47 Å². The monoisotopic (exact) mass is 356 g/mol. The maximum Gasteiger partial charge on any atom is 0.357 e. The van der Waals surface area contributed by atoms with Crippen molar-refractivity contribution in [2.45, 2.75) is 33.1 Å². The number of aromatic nitrogens is 2. The molecule has 138 valence electrons. The molecule has 0 atom stereocenters. The molecule has 0 unspecified atom stereocenters. The van der Waals surface area contributed by atoms with E-state index in [-0.39, 0.29) is 24.5 Å². The van der Waals surface area contributed by atoms with Crippen LogP contribution in [0.4, 0.5) is 0 Å². The van der Waals surface area contributed by atoms with Gasteiger partial charge in [0.15, 0.2) is 5.69 Å². The number of para-hydroxylation sites is 1. The predicted octanol–water partition coefficient (Wildman–Crippen LogP) is 3.73. The van der Waals surface area contributed by atoms with E-state index < -0.39 is 11.9 Å². The van der Waals surface area contributed by atoms with Gasteiger partial charge in [0.1, 0.15) is 5.56 Å². The van der Waals surface area contributed by atoms with Crippen LogP contribution in [0, 0.1) is 0 Å². The molecule has 0 saturated heterocycles. The summed E-state index contributed by atoms with van der Waals surface area (Å²) in [4.78, 5) is 25.2. The quantitative estimate of drug-likeness (QED) is 0.389. The average Bonchev–Trinajstić information content (AvgIpc) is 3.03. The molecular weight excluding hydrogens is 332 g/mol. The first-order valence-electron chi connectivity index (χ1n) is 8.76. The van der Waals surface area contributed by atoms with Gasteiger partial charge in [-0.05, 0) is 45.2 Å². The highest BCUT2D eigenvalue weighted by atomic mass is 16.5. The number of carbonyl (C=O) groups excluding carboxylic acids is 2. The first-order valence-corrected chi connectivity index (χ1v) is 8.76. The number of nitrogens with zero attached hydrogens (tertiary/aromatic N) is 2. The molecule has 0 amide bonds. The summed E-state index contributed by atoms with van der Waals surface area (Å²) < 4.78 is 11.8. The van der Waals surface area contributed by atoms with E-state index in [1.165, 1.54) is 4.68 Å². The lowest BCUT2D eigenvalue weighted by atomic mass is 10.1. The number of hydrogen-bond donors (Lipinski definition) is 0. The van der Waals surface area contributed by atoms with Gasteiger partial charge >= 0.3 is 11.9 Å². The van der Waals surface area contributed by atoms with Crippen LogP contribution in [0.3, 0.4) is 0 Å². The van der Waals surface area contributed by atoms with Gasteiger partial charge in [-0.25, -0.2) is 14.3 Å². The number of aryl methyl sites for hydroxylation is 1. The molecular formula is C20H24N2O4. The number of benzene rings is 1. The van der Waals surface area contributed by atoms with E-state index in [1.807, 2.05) is 36.4 Å². The van der Waals surface area contributed by atoms with E-state index in [0.717, 1.165) is 12.8 Å². The lowest BCUT2D eigenvalue weighted by Gasteiger charge is -2.08. The molecule has 2 aromatic rings. The van der Waals surface area contributed by atoms with E-state index in [1.54, 1.807) is 13.8 Å². The zero-order valence-electron chi connectivity index (χ0n) is 15.2. The Morgan fingerprint density at radius 1 is 1.12 bits per heavy atom. The van der Waals surface area contributed by atoms with Gasteiger partial charge in [-0.1, -0.05) is 24.3 Å². The maximum atomic E-state index is 12.6. The van der Waals surface area contributed by atoms with Crippen molar-refractivity contribution in [3.63, 3.8) is 0 Å². The number of unbranched alkanes of at least 4 members (excludes halogenated alkanes) is 1. The lowest BCUT2D eigenvalue weighted by Crippen LogP contribution is -2.17. The molecule has 0 saturated carbocycles. The maximum absolute atomic E-state index is 12.6. The fourth-order valence-electron chi connectivity index (χ4n) is 2.61. The number of ether oxygens (including phenoxy) is 2. The van der Waals surface area contributed by atoms with Crippen LogP contribution in [0.2, 0.25) is 0 Å². The van der Waals surface area contributed by atoms with Crippen molar-refractivity contribution in [2.75, 3.05) is 13.2 Å². The van der Waals surface area contributed by atoms with E-state index in [2.05, 4.69) is 11.7 Å². The fraction of sp³-hybridized carbons (Fsp3) is 0.350. The van der Waals surface area contributed by atoms with Crippen LogP contribution in [-0.4, -0.2) is 34.9 Å². The molecule has 1 aromatic heterocycles. The minimum Gasteiger partial charge on any atom is -0.462 e. The topological polar surface area (TPSA) is 70.4 Å². The second-order valence-electron chi connectivity index (χ2n) is 5.54. The van der Waals surface area contributed by atoms with Crippen LogP contribution in [0.15, 0.2) is 43.0 Å². The van der Waals surface area contributed by atoms with Crippen molar-refractivity contribution in [2.24, 2.45) is 0 Å². The largest absolute Gasteiger partial charge is 0.462 e. The Morgan fingerprint density at radius 3 is 2.38 bits per heavy atom. The molecule has 2 rings (SSSR count). The van der Waals surface area contributed by atoms with Crippen molar-refractivity contribution in [1.29, 1.82) is 0 Å². The van der Waals surface area contributed by atoms with Gasteiger partial charge in [0, 0.05) is 0 Å². The summed E-state index contributed by atoms with van der Waals surface area (Å²) in [6.45, 7) is 7.57. The fourth-order valence-corrected chi connectivity index (χ4v) is 2.61. The summed E-state index contributed by atoms with van der Waals surface area (Å²) in [5.74, 6) is -1.16. The summed E-state index contributed by atoms with van der Waals surface area (Å²) in [5, 5.41) is 4.54. The highest BCUT2D eigenvalue weighted by Gasteiger charge is 2.30. The second-order valence-corrected chi connectivity index (χ2v) is 5.54.